The van der Waals surface area contributed by atoms with E-state index in [1.165, 1.54) is 18.3 Å². The van der Waals surface area contributed by atoms with E-state index in [1.807, 2.05) is 25.1 Å². The van der Waals surface area contributed by atoms with Gasteiger partial charge in [0.25, 0.3) is 0 Å². The van der Waals surface area contributed by atoms with Gasteiger partial charge in [-0.15, -0.1) is 0 Å². The Bertz CT molecular complexity index is 637. The molecule has 5 nitrogen and oxygen atoms in total. The van der Waals surface area contributed by atoms with Crippen LogP contribution >= 0.6 is 11.3 Å². The van der Waals surface area contributed by atoms with E-state index in [0.29, 0.717) is 16.6 Å². The molecule has 0 spiro atoms. The van der Waals surface area contributed by atoms with Crippen molar-refractivity contribution in [1.29, 1.82) is 0 Å². The van der Waals surface area contributed by atoms with Gasteiger partial charge in [0.15, 0.2) is 16.6 Å². The molecule has 20 heavy (non-hydrogen) atoms. The molecule has 0 aliphatic carbocycles. The Kier molecular flexibility index (Phi) is 4.24. The lowest BCUT2D eigenvalue weighted by Crippen LogP contribution is -2.04. The standard InChI is InChI=1S/C14H16N2O3S/c1-8-13(20-14(15-8)16-9(2)17)10-5-6-11(18-3)12(7-10)19-4/h5-7H,1-4H3,(H,15,16,17). The van der Waals surface area contributed by atoms with Crippen LogP contribution in [-0.2, 0) is 4.79 Å². The van der Waals surface area contributed by atoms with Gasteiger partial charge < -0.3 is 14.8 Å². The predicted molar refractivity (Wildman–Crippen MR) is 79.7 cm³/mol. The number of benzene rings is 1. The van der Waals surface area contributed by atoms with Crippen molar-refractivity contribution in [2.45, 2.75) is 13.8 Å². The van der Waals surface area contributed by atoms with Crippen molar-refractivity contribution < 1.29 is 14.3 Å². The lowest BCUT2D eigenvalue weighted by molar-refractivity contribution is -0.114. The van der Waals surface area contributed by atoms with Crippen LogP contribution in [0.3, 0.4) is 0 Å². The van der Waals surface area contributed by atoms with Crippen LogP contribution in [0.25, 0.3) is 10.4 Å². The summed E-state index contributed by atoms with van der Waals surface area (Å²) in [6.45, 7) is 3.38. The molecule has 2 rings (SSSR count). The quantitative estimate of drug-likeness (QED) is 0.940. The van der Waals surface area contributed by atoms with E-state index in [-0.39, 0.29) is 5.91 Å². The fraction of sp³-hybridized carbons (Fsp3) is 0.286. The molecule has 106 valence electrons. The van der Waals surface area contributed by atoms with Crippen molar-refractivity contribution >= 4 is 22.4 Å². The third-order valence-corrected chi connectivity index (χ3v) is 3.85. The van der Waals surface area contributed by atoms with Crippen LogP contribution in [0.2, 0.25) is 0 Å². The number of ether oxygens (including phenoxy) is 2. The number of carbonyl (C=O) groups excluding carboxylic acids is 1. The van der Waals surface area contributed by atoms with Crippen LogP contribution in [0.5, 0.6) is 11.5 Å². The molecule has 0 radical (unpaired) electrons. The van der Waals surface area contributed by atoms with Crippen LogP contribution in [0, 0.1) is 6.92 Å². The maximum Gasteiger partial charge on any atom is 0.223 e. The van der Waals surface area contributed by atoms with E-state index in [2.05, 4.69) is 10.3 Å². The van der Waals surface area contributed by atoms with Crippen LogP contribution in [-0.4, -0.2) is 25.1 Å². The number of hydrogen-bond donors (Lipinski definition) is 1. The topological polar surface area (TPSA) is 60.5 Å². The molecule has 0 saturated carbocycles. The molecule has 0 bridgehead atoms. The minimum absolute atomic E-state index is 0.127. The Morgan fingerprint density at radius 1 is 1.25 bits per heavy atom. The summed E-state index contributed by atoms with van der Waals surface area (Å²) < 4.78 is 10.5. The summed E-state index contributed by atoms with van der Waals surface area (Å²) in [5.41, 5.74) is 1.85. The molecule has 1 aromatic heterocycles. The largest absolute Gasteiger partial charge is 0.493 e. The fourth-order valence-electron chi connectivity index (χ4n) is 1.85. The van der Waals surface area contributed by atoms with E-state index in [9.17, 15) is 4.79 Å². The molecule has 1 aromatic carbocycles. The first-order chi connectivity index (χ1) is 9.55. The third kappa shape index (κ3) is 2.91. The normalized spacial score (nSPS) is 10.2. The first kappa shape index (κ1) is 14.3. The van der Waals surface area contributed by atoms with Crippen LogP contribution in [0.15, 0.2) is 18.2 Å². The SMILES string of the molecule is COc1ccc(-c2sc(NC(C)=O)nc2C)cc1OC. The number of anilines is 1. The summed E-state index contributed by atoms with van der Waals surface area (Å²) in [4.78, 5) is 16.4. The van der Waals surface area contributed by atoms with Gasteiger partial charge in [0.2, 0.25) is 5.91 Å². The number of amides is 1. The number of rotatable bonds is 4. The first-order valence-corrected chi connectivity index (χ1v) is 6.84. The minimum Gasteiger partial charge on any atom is -0.493 e. The maximum atomic E-state index is 11.1. The number of thiazole rings is 1. The predicted octanol–water partition coefficient (Wildman–Crippen LogP) is 3.09. The molecule has 0 aliphatic heterocycles. The second-order valence-electron chi connectivity index (χ2n) is 4.18. The van der Waals surface area contributed by atoms with Crippen molar-refractivity contribution in [3.05, 3.63) is 23.9 Å². The van der Waals surface area contributed by atoms with Crippen molar-refractivity contribution in [1.82, 2.24) is 4.98 Å². The number of aryl methyl sites for hydroxylation is 1. The molecule has 0 unspecified atom stereocenters. The summed E-state index contributed by atoms with van der Waals surface area (Å²) in [6.07, 6.45) is 0. The molecule has 0 atom stereocenters. The highest BCUT2D eigenvalue weighted by molar-refractivity contribution is 7.19. The molecule has 0 saturated heterocycles. The van der Waals surface area contributed by atoms with E-state index in [0.717, 1.165) is 16.1 Å². The Morgan fingerprint density at radius 2 is 1.95 bits per heavy atom. The summed E-state index contributed by atoms with van der Waals surface area (Å²) in [5.74, 6) is 1.22. The molecule has 6 heteroatoms. The second-order valence-corrected chi connectivity index (χ2v) is 5.18. The Hall–Kier alpha value is -2.08. The zero-order chi connectivity index (χ0) is 14.7. The average molecular weight is 292 g/mol. The van der Waals surface area contributed by atoms with Crippen molar-refractivity contribution in [2.24, 2.45) is 0 Å². The summed E-state index contributed by atoms with van der Waals surface area (Å²) in [7, 11) is 3.20. The molecule has 0 aliphatic rings. The van der Waals surface area contributed by atoms with Crippen LogP contribution < -0.4 is 14.8 Å². The fourth-order valence-corrected chi connectivity index (χ4v) is 2.85. The van der Waals surface area contributed by atoms with Gasteiger partial charge in [0.05, 0.1) is 24.8 Å². The van der Waals surface area contributed by atoms with E-state index < -0.39 is 0 Å². The zero-order valence-electron chi connectivity index (χ0n) is 11.8. The third-order valence-electron chi connectivity index (χ3n) is 2.73. The van der Waals surface area contributed by atoms with Crippen molar-refractivity contribution in [2.75, 3.05) is 19.5 Å². The Labute approximate surface area is 121 Å². The molecule has 1 N–H and O–H groups in total. The number of hydrogen-bond acceptors (Lipinski definition) is 5. The molecule has 0 fully saturated rings. The number of methoxy groups -OCH3 is 2. The summed E-state index contributed by atoms with van der Waals surface area (Å²) in [6, 6.07) is 5.70. The second kappa shape index (κ2) is 5.92. The number of nitrogens with one attached hydrogen (secondary N) is 1. The van der Waals surface area contributed by atoms with E-state index in [4.69, 9.17) is 9.47 Å². The molecular weight excluding hydrogens is 276 g/mol. The number of nitrogens with zero attached hydrogens (tertiary/aromatic N) is 1. The summed E-state index contributed by atoms with van der Waals surface area (Å²) in [5, 5.41) is 3.30. The maximum absolute atomic E-state index is 11.1. The van der Waals surface area contributed by atoms with Crippen molar-refractivity contribution in [3.63, 3.8) is 0 Å². The molecule has 2 aromatic rings. The molecule has 1 heterocycles. The van der Waals surface area contributed by atoms with Crippen LogP contribution in [0.4, 0.5) is 5.13 Å². The molecule has 1 amide bonds. The average Bonchev–Trinajstić information content (AvgIpc) is 2.77. The van der Waals surface area contributed by atoms with Gasteiger partial charge in [0, 0.05) is 6.92 Å². The number of aromatic nitrogens is 1. The van der Waals surface area contributed by atoms with Crippen molar-refractivity contribution in [3.8, 4) is 21.9 Å². The lowest BCUT2D eigenvalue weighted by atomic mass is 10.1. The monoisotopic (exact) mass is 292 g/mol. The molecular formula is C14H16N2O3S. The Balaban J connectivity index is 2.41. The zero-order valence-corrected chi connectivity index (χ0v) is 12.6. The van der Waals surface area contributed by atoms with Gasteiger partial charge in [-0.1, -0.05) is 11.3 Å². The van der Waals surface area contributed by atoms with Crippen LogP contribution in [0.1, 0.15) is 12.6 Å². The van der Waals surface area contributed by atoms with Gasteiger partial charge >= 0.3 is 0 Å². The van der Waals surface area contributed by atoms with Gasteiger partial charge in [-0.2, -0.15) is 0 Å². The smallest absolute Gasteiger partial charge is 0.223 e. The van der Waals surface area contributed by atoms with E-state index >= 15 is 0 Å². The summed E-state index contributed by atoms with van der Waals surface area (Å²) >= 11 is 1.43. The lowest BCUT2D eigenvalue weighted by Gasteiger charge is -2.08. The van der Waals surface area contributed by atoms with Gasteiger partial charge in [-0.05, 0) is 30.7 Å². The highest BCUT2D eigenvalue weighted by atomic mass is 32.1. The highest BCUT2D eigenvalue weighted by Gasteiger charge is 2.13. The minimum atomic E-state index is -0.127. The number of carbonyl (C=O) groups is 1. The van der Waals surface area contributed by atoms with Gasteiger partial charge in [-0.25, -0.2) is 4.98 Å². The Morgan fingerprint density at radius 3 is 2.55 bits per heavy atom. The van der Waals surface area contributed by atoms with E-state index in [1.54, 1.807) is 14.2 Å². The van der Waals surface area contributed by atoms with Gasteiger partial charge in [-0.3, -0.25) is 4.79 Å². The first-order valence-electron chi connectivity index (χ1n) is 6.02. The van der Waals surface area contributed by atoms with Gasteiger partial charge in [0.1, 0.15) is 0 Å². The highest BCUT2D eigenvalue weighted by Crippen LogP contribution is 2.37.